The van der Waals surface area contributed by atoms with E-state index in [0.717, 1.165) is 45.4 Å². The van der Waals surface area contributed by atoms with Crippen LogP contribution in [0.3, 0.4) is 0 Å². The summed E-state index contributed by atoms with van der Waals surface area (Å²) in [6, 6.07) is 3.73. The quantitative estimate of drug-likeness (QED) is 0.501. The van der Waals surface area contributed by atoms with Crippen molar-refractivity contribution >= 4 is 38.0 Å². The molecule has 1 saturated heterocycles. The molecular weight excluding hydrogens is 420 g/mol. The van der Waals surface area contributed by atoms with Crippen molar-refractivity contribution in [2.75, 3.05) is 17.2 Å². The van der Waals surface area contributed by atoms with Gasteiger partial charge in [-0.3, -0.25) is 0 Å². The first-order valence-electron chi connectivity index (χ1n) is 9.82. The van der Waals surface area contributed by atoms with Gasteiger partial charge in [-0.2, -0.15) is 0 Å². The average molecular weight is 443 g/mol. The highest BCUT2D eigenvalue weighted by Crippen LogP contribution is 2.33. The molecule has 3 N–H and O–H groups in total. The Hall–Kier alpha value is -2.72. The Morgan fingerprint density at radius 2 is 2.07 bits per heavy atom. The molecule has 0 unspecified atom stereocenters. The third-order valence-electron chi connectivity index (χ3n) is 5.70. The SMILES string of the molecule is Cc1cnc(-c2nc(-c3c[nH]c4nc(N)ccc34)cs2)n1CC1CCS(=O)(=O)CC1. The lowest BCUT2D eigenvalue weighted by Crippen LogP contribution is -2.26. The standard InChI is InChI=1S/C20H22N6O2S2/c1-12-8-23-19(26(12)10-13-4-6-30(27,28)7-5-13)20-24-16(11-29-20)15-9-22-18-14(15)2-3-17(21)25-18/h2-3,8-9,11,13H,4-7,10H2,1H3,(H3,21,22,25). The second-order valence-electron chi connectivity index (χ2n) is 7.80. The number of hydrogen-bond acceptors (Lipinski definition) is 7. The topological polar surface area (TPSA) is 120 Å². The van der Waals surface area contributed by atoms with Crippen molar-refractivity contribution in [3.63, 3.8) is 0 Å². The van der Waals surface area contributed by atoms with Crippen LogP contribution in [0.1, 0.15) is 18.5 Å². The number of pyridine rings is 1. The molecule has 0 aromatic carbocycles. The van der Waals surface area contributed by atoms with Crippen LogP contribution in [0.5, 0.6) is 0 Å². The molecule has 5 rings (SSSR count). The Kier molecular flexibility index (Phi) is 4.62. The molecule has 0 spiro atoms. The number of H-pyrrole nitrogens is 1. The van der Waals surface area contributed by atoms with Crippen LogP contribution in [0, 0.1) is 12.8 Å². The maximum absolute atomic E-state index is 11.7. The van der Waals surface area contributed by atoms with Gasteiger partial charge in [-0.1, -0.05) is 0 Å². The number of nitrogens with one attached hydrogen (secondary N) is 1. The number of aromatic amines is 1. The van der Waals surface area contributed by atoms with E-state index in [9.17, 15) is 8.42 Å². The van der Waals surface area contributed by atoms with E-state index in [1.54, 1.807) is 17.4 Å². The van der Waals surface area contributed by atoms with E-state index in [-0.39, 0.29) is 11.5 Å². The van der Waals surface area contributed by atoms with Crippen molar-refractivity contribution in [2.24, 2.45) is 5.92 Å². The highest BCUT2D eigenvalue weighted by atomic mass is 32.2. The van der Waals surface area contributed by atoms with Crippen molar-refractivity contribution in [1.82, 2.24) is 24.5 Å². The van der Waals surface area contributed by atoms with E-state index in [0.29, 0.717) is 24.6 Å². The van der Waals surface area contributed by atoms with Gasteiger partial charge in [0.2, 0.25) is 0 Å². The molecule has 0 bridgehead atoms. The molecule has 1 aliphatic rings. The fourth-order valence-corrected chi connectivity index (χ4v) is 6.39. The molecule has 1 aliphatic heterocycles. The fraction of sp³-hybridized carbons (Fsp3) is 0.350. The number of nitrogens with two attached hydrogens (primary N) is 1. The Balaban J connectivity index is 1.44. The lowest BCUT2D eigenvalue weighted by Gasteiger charge is -2.23. The van der Waals surface area contributed by atoms with E-state index < -0.39 is 9.84 Å². The minimum atomic E-state index is -2.86. The summed E-state index contributed by atoms with van der Waals surface area (Å²) in [6.45, 7) is 2.79. The van der Waals surface area contributed by atoms with Gasteiger partial charge in [0.15, 0.2) is 10.8 Å². The van der Waals surface area contributed by atoms with Gasteiger partial charge in [-0.15, -0.1) is 11.3 Å². The molecule has 0 atom stereocenters. The molecule has 5 heterocycles. The van der Waals surface area contributed by atoms with Gasteiger partial charge < -0.3 is 15.3 Å². The summed E-state index contributed by atoms with van der Waals surface area (Å²) in [4.78, 5) is 16.9. The summed E-state index contributed by atoms with van der Waals surface area (Å²) < 4.78 is 25.6. The van der Waals surface area contributed by atoms with Crippen molar-refractivity contribution in [2.45, 2.75) is 26.3 Å². The molecule has 1 fully saturated rings. The first kappa shape index (κ1) is 19.3. The van der Waals surface area contributed by atoms with Crippen LogP contribution in [-0.2, 0) is 16.4 Å². The molecule has 10 heteroatoms. The van der Waals surface area contributed by atoms with Gasteiger partial charge >= 0.3 is 0 Å². The van der Waals surface area contributed by atoms with Crippen LogP contribution < -0.4 is 5.73 Å². The minimum Gasteiger partial charge on any atom is -0.384 e. The first-order chi connectivity index (χ1) is 14.4. The largest absolute Gasteiger partial charge is 0.384 e. The van der Waals surface area contributed by atoms with Gasteiger partial charge in [0.25, 0.3) is 0 Å². The molecule has 0 amide bonds. The number of aryl methyl sites for hydroxylation is 1. The lowest BCUT2D eigenvalue weighted by molar-refractivity contribution is 0.402. The Morgan fingerprint density at radius 1 is 1.27 bits per heavy atom. The number of sulfone groups is 1. The van der Waals surface area contributed by atoms with Gasteiger partial charge in [0, 0.05) is 41.0 Å². The number of thiazole rings is 1. The monoisotopic (exact) mass is 442 g/mol. The number of imidazole rings is 1. The van der Waals surface area contributed by atoms with Gasteiger partial charge in [-0.25, -0.2) is 23.4 Å². The summed E-state index contributed by atoms with van der Waals surface area (Å²) in [5.74, 6) is 2.20. The minimum absolute atomic E-state index is 0.279. The van der Waals surface area contributed by atoms with Crippen LogP contribution in [0.4, 0.5) is 5.82 Å². The molecule has 8 nitrogen and oxygen atoms in total. The number of fused-ring (bicyclic) bond motifs is 1. The molecule has 0 aliphatic carbocycles. The van der Waals surface area contributed by atoms with Gasteiger partial charge in [0.1, 0.15) is 21.3 Å². The van der Waals surface area contributed by atoms with Crippen LogP contribution >= 0.6 is 11.3 Å². The van der Waals surface area contributed by atoms with Gasteiger partial charge in [-0.05, 0) is 37.8 Å². The van der Waals surface area contributed by atoms with Crippen molar-refractivity contribution in [3.05, 3.63) is 35.6 Å². The maximum atomic E-state index is 11.7. The van der Waals surface area contributed by atoms with Crippen molar-refractivity contribution < 1.29 is 8.42 Å². The molecule has 4 aromatic rings. The van der Waals surface area contributed by atoms with E-state index in [4.69, 9.17) is 10.7 Å². The zero-order chi connectivity index (χ0) is 20.9. The Morgan fingerprint density at radius 3 is 2.87 bits per heavy atom. The average Bonchev–Trinajstić information content (AvgIpc) is 3.42. The highest BCUT2D eigenvalue weighted by molar-refractivity contribution is 7.91. The first-order valence-corrected chi connectivity index (χ1v) is 12.5. The van der Waals surface area contributed by atoms with E-state index in [1.165, 1.54) is 0 Å². The summed E-state index contributed by atoms with van der Waals surface area (Å²) in [5.41, 5.74) is 9.41. The number of aromatic nitrogens is 5. The summed E-state index contributed by atoms with van der Waals surface area (Å²) in [7, 11) is -2.86. The summed E-state index contributed by atoms with van der Waals surface area (Å²) >= 11 is 1.55. The smallest absolute Gasteiger partial charge is 0.169 e. The predicted octanol–water partition coefficient (Wildman–Crippen LogP) is 3.27. The van der Waals surface area contributed by atoms with E-state index in [2.05, 4.69) is 19.5 Å². The van der Waals surface area contributed by atoms with Crippen LogP contribution in [0.2, 0.25) is 0 Å². The maximum Gasteiger partial charge on any atom is 0.169 e. The molecule has 0 radical (unpaired) electrons. The van der Waals surface area contributed by atoms with Crippen molar-refractivity contribution in [3.8, 4) is 22.1 Å². The molecule has 30 heavy (non-hydrogen) atoms. The third-order valence-corrected chi connectivity index (χ3v) is 8.26. The lowest BCUT2D eigenvalue weighted by atomic mass is 10.0. The number of anilines is 1. The van der Waals surface area contributed by atoms with Crippen LogP contribution in [-0.4, -0.2) is 44.4 Å². The second-order valence-corrected chi connectivity index (χ2v) is 11.0. The van der Waals surface area contributed by atoms with Gasteiger partial charge in [0.05, 0.1) is 17.2 Å². The van der Waals surface area contributed by atoms with E-state index in [1.807, 2.05) is 30.8 Å². The number of rotatable bonds is 4. The molecular formula is C20H22N6O2S2. The van der Waals surface area contributed by atoms with Crippen LogP contribution in [0.15, 0.2) is 29.9 Å². The van der Waals surface area contributed by atoms with Crippen molar-refractivity contribution in [1.29, 1.82) is 0 Å². The Labute approximate surface area is 178 Å². The number of nitrogens with zero attached hydrogens (tertiary/aromatic N) is 4. The number of hydrogen-bond donors (Lipinski definition) is 2. The van der Waals surface area contributed by atoms with Crippen LogP contribution in [0.25, 0.3) is 33.1 Å². The highest BCUT2D eigenvalue weighted by Gasteiger charge is 2.25. The Bertz CT molecular complexity index is 1320. The number of nitrogen functional groups attached to an aromatic ring is 1. The molecule has 0 saturated carbocycles. The second kappa shape index (κ2) is 7.21. The third kappa shape index (κ3) is 3.50. The summed E-state index contributed by atoms with van der Waals surface area (Å²) in [5, 5.41) is 3.85. The molecule has 4 aromatic heterocycles. The fourth-order valence-electron chi connectivity index (χ4n) is 3.97. The van der Waals surface area contributed by atoms with E-state index >= 15 is 0 Å². The molecule has 156 valence electrons. The zero-order valence-corrected chi connectivity index (χ0v) is 18.1. The zero-order valence-electron chi connectivity index (χ0n) is 16.5. The normalized spacial score (nSPS) is 17.0. The summed E-state index contributed by atoms with van der Waals surface area (Å²) in [6.07, 6.45) is 5.16. The predicted molar refractivity (Wildman–Crippen MR) is 119 cm³/mol.